The van der Waals surface area contributed by atoms with Gasteiger partial charge in [-0.2, -0.15) is 5.10 Å². The number of hydrazone groups is 1. The zero-order valence-electron chi connectivity index (χ0n) is 19.9. The van der Waals surface area contributed by atoms with Gasteiger partial charge in [0, 0.05) is 22.4 Å². The number of benzene rings is 4. The van der Waals surface area contributed by atoms with Gasteiger partial charge in [0.15, 0.2) is 0 Å². The van der Waals surface area contributed by atoms with Gasteiger partial charge in [0.25, 0.3) is 0 Å². The maximum Gasteiger partial charge on any atom is 0.247 e. The number of nitrogens with zero attached hydrogens (tertiary/aromatic N) is 4. The van der Waals surface area contributed by atoms with Gasteiger partial charge in [-0.05, 0) is 48.4 Å². The van der Waals surface area contributed by atoms with E-state index in [-0.39, 0.29) is 11.1 Å². The van der Waals surface area contributed by atoms with Gasteiger partial charge in [0.1, 0.15) is 5.82 Å². The number of aryl methyl sites for hydroxylation is 1. The minimum atomic E-state index is -0.457. The first-order chi connectivity index (χ1) is 18.0. The SMILES string of the molecule is Cc1cccc(C2=NN(c3nc(-c4ccc(Cl)cc4)c4ccccc4n3)[C@@H](c3ccc(F)c(Cl)c3)C2)c1. The Bertz CT molecular complexity index is 1670. The van der Waals surface area contributed by atoms with Crippen molar-refractivity contribution in [2.45, 2.75) is 19.4 Å². The number of aromatic nitrogens is 2. The number of hydrogen-bond acceptors (Lipinski definition) is 4. The molecule has 0 fully saturated rings. The number of anilines is 1. The summed E-state index contributed by atoms with van der Waals surface area (Å²) in [6, 6.07) is 28.2. The fourth-order valence-corrected chi connectivity index (χ4v) is 4.98. The number of para-hydroxylation sites is 1. The maximum absolute atomic E-state index is 14.0. The molecular weight excluding hydrogens is 506 g/mol. The third-order valence-electron chi connectivity index (χ3n) is 6.50. The summed E-state index contributed by atoms with van der Waals surface area (Å²) in [5.41, 5.74) is 6.42. The minimum absolute atomic E-state index is 0.0720. The molecule has 7 heteroatoms. The molecule has 6 rings (SSSR count). The van der Waals surface area contributed by atoms with E-state index in [1.165, 1.54) is 6.07 Å². The van der Waals surface area contributed by atoms with Crippen LogP contribution < -0.4 is 5.01 Å². The molecule has 0 saturated heterocycles. The summed E-state index contributed by atoms with van der Waals surface area (Å²) in [7, 11) is 0. The van der Waals surface area contributed by atoms with E-state index in [1.807, 2.05) is 65.7 Å². The van der Waals surface area contributed by atoms with Gasteiger partial charge in [0.2, 0.25) is 5.95 Å². The minimum Gasteiger partial charge on any atom is -0.223 e. The molecule has 182 valence electrons. The van der Waals surface area contributed by atoms with Crippen molar-refractivity contribution in [3.05, 3.63) is 124 Å². The standard InChI is InChI=1S/C30H21Cl2FN4/c1-18-5-4-6-20(15-18)27-17-28(21-11-14-25(33)24(32)16-21)37(36-27)30-34-26-8-3-2-7-23(26)29(35-30)19-9-12-22(31)13-10-19/h2-16,28H,17H2,1H3/t28-/m1/s1. The highest BCUT2D eigenvalue weighted by molar-refractivity contribution is 6.31. The molecule has 1 aliphatic heterocycles. The molecule has 0 amide bonds. The number of halogens is 3. The number of fused-ring (bicyclic) bond motifs is 1. The fraction of sp³-hybridized carbons (Fsp3) is 0.100. The zero-order chi connectivity index (χ0) is 25.5. The Balaban J connectivity index is 1.53. The van der Waals surface area contributed by atoms with E-state index in [4.69, 9.17) is 38.3 Å². The van der Waals surface area contributed by atoms with E-state index < -0.39 is 5.82 Å². The molecule has 37 heavy (non-hydrogen) atoms. The van der Waals surface area contributed by atoms with E-state index in [1.54, 1.807) is 12.1 Å². The second kappa shape index (κ2) is 9.58. The number of rotatable bonds is 4. The molecule has 4 nitrogen and oxygen atoms in total. The Morgan fingerprint density at radius 1 is 0.838 bits per heavy atom. The van der Waals surface area contributed by atoms with E-state index in [0.717, 1.165) is 44.6 Å². The van der Waals surface area contributed by atoms with Crippen LogP contribution in [0.25, 0.3) is 22.2 Å². The van der Waals surface area contributed by atoms with Gasteiger partial charge in [-0.25, -0.2) is 19.4 Å². The second-order valence-electron chi connectivity index (χ2n) is 9.05. The summed E-state index contributed by atoms with van der Waals surface area (Å²) in [4.78, 5) is 9.90. The Morgan fingerprint density at radius 2 is 1.65 bits per heavy atom. The predicted octanol–water partition coefficient (Wildman–Crippen LogP) is 8.41. The molecular formula is C30H21Cl2FN4. The lowest BCUT2D eigenvalue weighted by Gasteiger charge is -2.23. The highest BCUT2D eigenvalue weighted by atomic mass is 35.5. The Kier molecular flexibility index (Phi) is 6.11. The quantitative estimate of drug-likeness (QED) is 0.236. The van der Waals surface area contributed by atoms with Gasteiger partial charge in [-0.15, -0.1) is 0 Å². The van der Waals surface area contributed by atoms with Crippen LogP contribution in [0.2, 0.25) is 10.0 Å². The van der Waals surface area contributed by atoms with Gasteiger partial charge in [0.05, 0.1) is 28.0 Å². The fourth-order valence-electron chi connectivity index (χ4n) is 4.67. The maximum atomic E-state index is 14.0. The summed E-state index contributed by atoms with van der Waals surface area (Å²) in [6.07, 6.45) is 0.595. The zero-order valence-corrected chi connectivity index (χ0v) is 21.4. The summed E-state index contributed by atoms with van der Waals surface area (Å²) >= 11 is 12.3. The van der Waals surface area contributed by atoms with E-state index >= 15 is 0 Å². The van der Waals surface area contributed by atoms with E-state index in [2.05, 4.69) is 19.1 Å². The van der Waals surface area contributed by atoms with Crippen LogP contribution in [0.1, 0.15) is 29.2 Å². The average Bonchev–Trinajstić information content (AvgIpc) is 3.36. The van der Waals surface area contributed by atoms with Gasteiger partial charge >= 0.3 is 0 Å². The molecule has 0 spiro atoms. The van der Waals surface area contributed by atoms with Crippen LogP contribution in [0, 0.1) is 12.7 Å². The summed E-state index contributed by atoms with van der Waals surface area (Å²) < 4.78 is 14.0. The molecule has 0 radical (unpaired) electrons. The lowest BCUT2D eigenvalue weighted by molar-refractivity contribution is 0.624. The molecule has 0 N–H and O–H groups in total. The summed E-state index contributed by atoms with van der Waals surface area (Å²) in [5, 5.41) is 8.48. The second-order valence-corrected chi connectivity index (χ2v) is 9.89. The van der Waals surface area contributed by atoms with Crippen LogP contribution in [-0.4, -0.2) is 15.7 Å². The lowest BCUT2D eigenvalue weighted by Crippen LogP contribution is -2.21. The average molecular weight is 527 g/mol. The van der Waals surface area contributed by atoms with Crippen LogP contribution in [0.4, 0.5) is 10.3 Å². The molecule has 0 unspecified atom stereocenters. The Labute approximate surface area is 224 Å². The molecule has 2 heterocycles. The van der Waals surface area contributed by atoms with Crippen LogP contribution in [-0.2, 0) is 0 Å². The van der Waals surface area contributed by atoms with Crippen molar-refractivity contribution in [2.75, 3.05) is 5.01 Å². The van der Waals surface area contributed by atoms with Crippen LogP contribution in [0.3, 0.4) is 0 Å². The normalized spacial score (nSPS) is 15.3. The molecule has 1 aromatic heterocycles. The van der Waals surface area contributed by atoms with Crippen molar-refractivity contribution in [3.8, 4) is 11.3 Å². The first kappa shape index (κ1) is 23.6. The van der Waals surface area contributed by atoms with Gasteiger partial charge < -0.3 is 0 Å². The van der Waals surface area contributed by atoms with Crippen molar-refractivity contribution in [3.63, 3.8) is 0 Å². The van der Waals surface area contributed by atoms with Crippen molar-refractivity contribution in [2.24, 2.45) is 5.10 Å². The Hall–Kier alpha value is -3.80. The Morgan fingerprint density at radius 3 is 2.43 bits per heavy atom. The van der Waals surface area contributed by atoms with Crippen molar-refractivity contribution in [1.29, 1.82) is 0 Å². The number of hydrogen-bond donors (Lipinski definition) is 0. The largest absolute Gasteiger partial charge is 0.247 e. The van der Waals surface area contributed by atoms with E-state index in [0.29, 0.717) is 17.4 Å². The molecule has 4 aromatic carbocycles. The van der Waals surface area contributed by atoms with Gasteiger partial charge in [-0.3, -0.25) is 0 Å². The van der Waals surface area contributed by atoms with Crippen molar-refractivity contribution >= 4 is 45.8 Å². The molecule has 0 saturated carbocycles. The highest BCUT2D eigenvalue weighted by Gasteiger charge is 2.32. The third-order valence-corrected chi connectivity index (χ3v) is 7.05. The summed E-state index contributed by atoms with van der Waals surface area (Å²) in [6.45, 7) is 2.05. The van der Waals surface area contributed by atoms with E-state index in [9.17, 15) is 4.39 Å². The van der Waals surface area contributed by atoms with Crippen molar-refractivity contribution < 1.29 is 4.39 Å². The van der Waals surface area contributed by atoms with Crippen molar-refractivity contribution in [1.82, 2.24) is 9.97 Å². The summed E-state index contributed by atoms with van der Waals surface area (Å²) in [5.74, 6) is -0.00137. The first-order valence-electron chi connectivity index (χ1n) is 11.9. The van der Waals surface area contributed by atoms with Gasteiger partial charge in [-0.1, -0.05) is 89.4 Å². The van der Waals surface area contributed by atoms with Crippen LogP contribution in [0.15, 0.2) is 96.1 Å². The highest BCUT2D eigenvalue weighted by Crippen LogP contribution is 2.38. The third kappa shape index (κ3) is 4.57. The molecule has 0 bridgehead atoms. The smallest absolute Gasteiger partial charge is 0.223 e. The first-order valence-corrected chi connectivity index (χ1v) is 12.6. The predicted molar refractivity (Wildman–Crippen MR) is 149 cm³/mol. The van der Waals surface area contributed by atoms with Crippen LogP contribution in [0.5, 0.6) is 0 Å². The lowest BCUT2D eigenvalue weighted by atomic mass is 9.97. The molecule has 5 aromatic rings. The monoisotopic (exact) mass is 526 g/mol. The molecule has 0 aliphatic carbocycles. The topological polar surface area (TPSA) is 41.4 Å². The van der Waals surface area contributed by atoms with Crippen LogP contribution >= 0.6 is 23.2 Å². The molecule has 1 aliphatic rings. The molecule has 1 atom stereocenters.